The fourth-order valence-corrected chi connectivity index (χ4v) is 2.47. The minimum absolute atomic E-state index is 0.545. The molecule has 2 N–H and O–H groups in total. The van der Waals surface area contributed by atoms with E-state index >= 15 is 0 Å². The summed E-state index contributed by atoms with van der Waals surface area (Å²) in [6.45, 7) is 2.00. The number of benzene rings is 2. The van der Waals surface area contributed by atoms with Gasteiger partial charge in [0.25, 0.3) is 0 Å². The molecule has 0 saturated carbocycles. The lowest BCUT2D eigenvalue weighted by atomic mass is 10.1. The van der Waals surface area contributed by atoms with E-state index in [1.165, 1.54) is 10.8 Å². The summed E-state index contributed by atoms with van der Waals surface area (Å²) in [7, 11) is 0. The van der Waals surface area contributed by atoms with E-state index in [-0.39, 0.29) is 0 Å². The molecule has 1 aromatic heterocycles. The molecule has 0 radical (unpaired) electrons. The molecule has 3 aromatic rings. The summed E-state index contributed by atoms with van der Waals surface area (Å²) in [6, 6.07) is 14.3. The maximum absolute atomic E-state index is 5.71. The normalized spacial score (nSPS) is 11.0. The second-order valence-corrected chi connectivity index (χ2v) is 5.21. The zero-order valence-electron chi connectivity index (χ0n) is 9.89. The number of anilines is 1. The van der Waals surface area contributed by atoms with Gasteiger partial charge in [-0.1, -0.05) is 28.1 Å². The quantitative estimate of drug-likeness (QED) is 0.745. The third kappa shape index (κ3) is 1.88. The molecule has 0 aliphatic heterocycles. The molecule has 2 aromatic carbocycles. The summed E-state index contributed by atoms with van der Waals surface area (Å²) >= 11 is 3.48. The molecule has 0 amide bonds. The molecule has 0 unspecified atom stereocenters. The molecule has 0 bridgehead atoms. The Morgan fingerprint density at radius 1 is 1.06 bits per heavy atom. The highest BCUT2D eigenvalue weighted by atomic mass is 79.9. The minimum atomic E-state index is 0.545. The van der Waals surface area contributed by atoms with Gasteiger partial charge in [0.1, 0.15) is 5.82 Å². The molecular formula is C14H12BrN3. The van der Waals surface area contributed by atoms with Crippen LogP contribution in [0.3, 0.4) is 0 Å². The van der Waals surface area contributed by atoms with Gasteiger partial charge in [-0.15, -0.1) is 0 Å². The van der Waals surface area contributed by atoms with E-state index in [1.54, 1.807) is 0 Å². The van der Waals surface area contributed by atoms with Crippen LogP contribution in [0.5, 0.6) is 0 Å². The van der Waals surface area contributed by atoms with Crippen molar-refractivity contribution in [2.45, 2.75) is 6.92 Å². The van der Waals surface area contributed by atoms with Gasteiger partial charge < -0.3 is 5.73 Å². The van der Waals surface area contributed by atoms with Crippen LogP contribution in [0.15, 0.2) is 46.9 Å². The van der Waals surface area contributed by atoms with Crippen molar-refractivity contribution in [2.24, 2.45) is 0 Å². The Kier molecular flexibility index (Phi) is 2.59. The Morgan fingerprint density at radius 3 is 2.50 bits per heavy atom. The van der Waals surface area contributed by atoms with Crippen molar-refractivity contribution in [3.63, 3.8) is 0 Å². The van der Waals surface area contributed by atoms with Crippen LogP contribution in [0.4, 0.5) is 5.82 Å². The van der Waals surface area contributed by atoms with Crippen molar-refractivity contribution >= 4 is 32.5 Å². The molecule has 90 valence electrons. The van der Waals surface area contributed by atoms with E-state index in [1.807, 2.05) is 29.8 Å². The Morgan fingerprint density at radius 2 is 1.78 bits per heavy atom. The van der Waals surface area contributed by atoms with Gasteiger partial charge in [-0.05, 0) is 42.0 Å². The molecule has 4 heteroatoms. The number of nitrogen functional groups attached to an aromatic ring is 1. The second-order valence-electron chi connectivity index (χ2n) is 4.30. The fraction of sp³-hybridized carbons (Fsp3) is 0.0714. The smallest absolute Gasteiger partial charge is 0.146 e. The maximum Gasteiger partial charge on any atom is 0.146 e. The first kappa shape index (κ1) is 11.3. The van der Waals surface area contributed by atoms with Crippen LogP contribution >= 0.6 is 15.9 Å². The van der Waals surface area contributed by atoms with Crippen LogP contribution in [0.1, 0.15) is 5.69 Å². The Hall–Kier alpha value is -1.81. The number of aromatic nitrogens is 2. The molecule has 3 nitrogen and oxygen atoms in total. The van der Waals surface area contributed by atoms with Crippen molar-refractivity contribution in [1.82, 2.24) is 9.78 Å². The molecule has 0 aliphatic rings. The van der Waals surface area contributed by atoms with Crippen molar-refractivity contribution in [1.29, 1.82) is 0 Å². The molecule has 0 aliphatic carbocycles. The van der Waals surface area contributed by atoms with Crippen molar-refractivity contribution in [3.8, 4) is 5.69 Å². The number of hydrogen-bond donors (Lipinski definition) is 1. The predicted molar refractivity (Wildman–Crippen MR) is 77.9 cm³/mol. The maximum atomic E-state index is 5.71. The van der Waals surface area contributed by atoms with Gasteiger partial charge in [0.2, 0.25) is 0 Å². The number of hydrogen-bond acceptors (Lipinski definition) is 2. The number of nitrogens with two attached hydrogens (primary N) is 1. The minimum Gasteiger partial charge on any atom is -0.382 e. The van der Waals surface area contributed by atoms with Crippen molar-refractivity contribution < 1.29 is 0 Å². The second kappa shape index (κ2) is 4.14. The number of nitrogens with zero attached hydrogens (tertiary/aromatic N) is 2. The van der Waals surface area contributed by atoms with Gasteiger partial charge in [0.05, 0.1) is 5.69 Å². The summed E-state index contributed by atoms with van der Waals surface area (Å²) in [6.07, 6.45) is 0. The molecule has 0 saturated heterocycles. The van der Waals surface area contributed by atoms with Crippen LogP contribution in [-0.2, 0) is 0 Å². The Labute approximate surface area is 113 Å². The highest BCUT2D eigenvalue weighted by Crippen LogP contribution is 2.23. The number of rotatable bonds is 1. The highest BCUT2D eigenvalue weighted by molar-refractivity contribution is 9.10. The average Bonchev–Trinajstić information content (AvgIpc) is 2.68. The molecule has 0 fully saturated rings. The van der Waals surface area contributed by atoms with E-state index in [4.69, 9.17) is 5.73 Å². The lowest BCUT2D eigenvalue weighted by Crippen LogP contribution is -1.99. The zero-order chi connectivity index (χ0) is 12.7. The average molecular weight is 302 g/mol. The van der Waals surface area contributed by atoms with E-state index in [2.05, 4.69) is 45.3 Å². The molecular weight excluding hydrogens is 290 g/mol. The molecule has 3 rings (SSSR count). The van der Waals surface area contributed by atoms with Gasteiger partial charge in [-0.2, -0.15) is 5.10 Å². The third-order valence-electron chi connectivity index (χ3n) is 2.94. The lowest BCUT2D eigenvalue weighted by molar-refractivity contribution is 0.853. The monoisotopic (exact) mass is 301 g/mol. The Bertz CT molecular complexity index is 731. The van der Waals surface area contributed by atoms with Gasteiger partial charge in [0.15, 0.2) is 0 Å². The van der Waals surface area contributed by atoms with Gasteiger partial charge in [-0.25, -0.2) is 4.68 Å². The number of fused-ring (bicyclic) bond motifs is 1. The number of halogens is 1. The first-order chi connectivity index (χ1) is 8.63. The van der Waals surface area contributed by atoms with E-state index in [0.29, 0.717) is 5.82 Å². The Balaban J connectivity index is 2.19. The largest absolute Gasteiger partial charge is 0.382 e. The zero-order valence-corrected chi connectivity index (χ0v) is 11.5. The SMILES string of the molecule is Cc1cc(N)nn1-c1ccc2cc(Br)ccc2c1. The van der Waals surface area contributed by atoms with Crippen LogP contribution < -0.4 is 5.73 Å². The summed E-state index contributed by atoms with van der Waals surface area (Å²) in [4.78, 5) is 0. The standard InChI is InChI=1S/C14H12BrN3/c1-9-6-14(16)17-18(9)13-5-3-10-7-12(15)4-2-11(10)8-13/h2-8H,1H3,(H2,16,17). The number of aryl methyl sites for hydroxylation is 1. The summed E-state index contributed by atoms with van der Waals surface area (Å²) < 4.78 is 2.94. The topological polar surface area (TPSA) is 43.8 Å². The molecule has 1 heterocycles. The van der Waals surface area contributed by atoms with Crippen LogP contribution in [0, 0.1) is 6.92 Å². The third-order valence-corrected chi connectivity index (χ3v) is 3.43. The van der Waals surface area contributed by atoms with Gasteiger partial charge >= 0.3 is 0 Å². The first-order valence-electron chi connectivity index (χ1n) is 5.65. The summed E-state index contributed by atoms with van der Waals surface area (Å²) in [5, 5.41) is 6.67. The van der Waals surface area contributed by atoms with Crippen molar-refractivity contribution in [3.05, 3.63) is 52.6 Å². The fourth-order valence-electron chi connectivity index (χ4n) is 2.10. The first-order valence-corrected chi connectivity index (χ1v) is 6.44. The summed E-state index contributed by atoms with van der Waals surface area (Å²) in [5.74, 6) is 0.545. The van der Waals surface area contributed by atoms with Gasteiger partial charge in [-0.3, -0.25) is 0 Å². The van der Waals surface area contributed by atoms with E-state index in [0.717, 1.165) is 15.9 Å². The van der Waals surface area contributed by atoms with Crippen LogP contribution in [-0.4, -0.2) is 9.78 Å². The van der Waals surface area contributed by atoms with Crippen LogP contribution in [0.2, 0.25) is 0 Å². The van der Waals surface area contributed by atoms with E-state index < -0.39 is 0 Å². The van der Waals surface area contributed by atoms with Crippen molar-refractivity contribution in [2.75, 3.05) is 5.73 Å². The van der Waals surface area contributed by atoms with Crippen LogP contribution in [0.25, 0.3) is 16.5 Å². The van der Waals surface area contributed by atoms with E-state index in [9.17, 15) is 0 Å². The highest BCUT2D eigenvalue weighted by Gasteiger charge is 2.05. The molecule has 0 atom stereocenters. The lowest BCUT2D eigenvalue weighted by Gasteiger charge is -2.06. The van der Waals surface area contributed by atoms with Gasteiger partial charge in [0, 0.05) is 16.2 Å². The molecule has 0 spiro atoms. The summed E-state index contributed by atoms with van der Waals surface area (Å²) in [5.41, 5.74) is 7.77. The molecule has 18 heavy (non-hydrogen) atoms. The predicted octanol–water partition coefficient (Wildman–Crippen LogP) is 3.68.